The minimum absolute atomic E-state index is 0.0429. The van der Waals surface area contributed by atoms with Gasteiger partial charge in [-0.15, -0.1) is 0 Å². The SMILES string of the molecule is C/C=C/C=C/COC(=O)C1=C(C)NC(C)=C(c2ccccn2)C1c1cccc([N+](=O)[O-])c1. The molecule has 0 saturated heterocycles. The largest absolute Gasteiger partial charge is 0.458 e. The molecule has 1 aliphatic rings. The molecular weight excluding hydrogens is 406 g/mol. The van der Waals surface area contributed by atoms with Crippen LogP contribution in [0.4, 0.5) is 5.69 Å². The minimum atomic E-state index is -0.571. The number of hydrogen-bond acceptors (Lipinski definition) is 6. The summed E-state index contributed by atoms with van der Waals surface area (Å²) < 4.78 is 5.51. The number of aromatic nitrogens is 1. The molecule has 0 fully saturated rings. The Balaban J connectivity index is 2.09. The van der Waals surface area contributed by atoms with Crippen LogP contribution >= 0.6 is 0 Å². The molecule has 0 radical (unpaired) electrons. The van der Waals surface area contributed by atoms with Gasteiger partial charge in [-0.1, -0.05) is 36.4 Å². The number of hydrogen-bond donors (Lipinski definition) is 1. The van der Waals surface area contributed by atoms with Gasteiger partial charge < -0.3 is 10.1 Å². The highest BCUT2D eigenvalue weighted by Gasteiger charge is 2.35. The second kappa shape index (κ2) is 10.3. The third-order valence-corrected chi connectivity index (χ3v) is 5.09. The number of carbonyl (C=O) groups excluding carboxylic acids is 1. The number of non-ortho nitro benzene ring substituents is 1. The van der Waals surface area contributed by atoms with Gasteiger partial charge in [-0.25, -0.2) is 4.79 Å². The van der Waals surface area contributed by atoms with Crippen LogP contribution in [0.15, 0.2) is 89.9 Å². The molecular formula is C25H25N3O4. The van der Waals surface area contributed by atoms with E-state index >= 15 is 0 Å². The van der Waals surface area contributed by atoms with Gasteiger partial charge >= 0.3 is 5.97 Å². The van der Waals surface area contributed by atoms with E-state index in [1.807, 2.05) is 44.2 Å². The van der Waals surface area contributed by atoms with Crippen molar-refractivity contribution >= 4 is 17.2 Å². The van der Waals surface area contributed by atoms with Gasteiger partial charge in [-0.05, 0) is 44.5 Å². The molecule has 2 aromatic rings. The molecule has 0 saturated carbocycles. The number of ether oxygens (including phenoxy) is 1. The van der Waals surface area contributed by atoms with E-state index in [9.17, 15) is 14.9 Å². The first kappa shape index (κ1) is 22.7. The van der Waals surface area contributed by atoms with Gasteiger partial charge in [0.15, 0.2) is 0 Å². The molecule has 3 rings (SSSR count). The Kier molecular flexibility index (Phi) is 7.33. The molecule has 1 aromatic carbocycles. The number of rotatable bonds is 7. The van der Waals surface area contributed by atoms with Crippen molar-refractivity contribution in [2.45, 2.75) is 26.7 Å². The first-order chi connectivity index (χ1) is 15.4. The van der Waals surface area contributed by atoms with Crippen molar-refractivity contribution in [3.05, 3.63) is 111 Å². The lowest BCUT2D eigenvalue weighted by Gasteiger charge is -2.31. The van der Waals surface area contributed by atoms with Crippen LogP contribution in [0.5, 0.6) is 0 Å². The molecule has 32 heavy (non-hydrogen) atoms. The Labute approximate surface area is 187 Å². The van der Waals surface area contributed by atoms with Gasteiger partial charge in [0.2, 0.25) is 0 Å². The summed E-state index contributed by atoms with van der Waals surface area (Å²) in [5.41, 5.74) is 3.89. The van der Waals surface area contributed by atoms with Crippen molar-refractivity contribution in [3.63, 3.8) is 0 Å². The van der Waals surface area contributed by atoms with Crippen LogP contribution in [0.1, 0.15) is 37.9 Å². The maximum Gasteiger partial charge on any atom is 0.337 e. The van der Waals surface area contributed by atoms with Gasteiger partial charge in [-0.2, -0.15) is 0 Å². The maximum absolute atomic E-state index is 13.2. The van der Waals surface area contributed by atoms with Gasteiger partial charge in [-0.3, -0.25) is 15.1 Å². The Hall–Kier alpha value is -4.00. The van der Waals surface area contributed by atoms with E-state index < -0.39 is 16.8 Å². The van der Waals surface area contributed by atoms with Crippen molar-refractivity contribution in [2.24, 2.45) is 0 Å². The zero-order chi connectivity index (χ0) is 23.1. The van der Waals surface area contributed by atoms with Crippen LogP contribution in [0.3, 0.4) is 0 Å². The molecule has 1 unspecified atom stereocenters. The normalized spacial score (nSPS) is 16.5. The highest BCUT2D eigenvalue weighted by Crippen LogP contribution is 2.43. The molecule has 1 aromatic heterocycles. The number of nitro groups is 1. The third kappa shape index (κ3) is 5.00. The van der Waals surface area contributed by atoms with E-state index in [2.05, 4.69) is 10.3 Å². The lowest BCUT2D eigenvalue weighted by molar-refractivity contribution is -0.384. The van der Waals surface area contributed by atoms with E-state index in [1.54, 1.807) is 37.4 Å². The number of nitro benzene ring substituents is 1. The number of dihydropyridines is 1. The highest BCUT2D eigenvalue weighted by atomic mass is 16.6. The van der Waals surface area contributed by atoms with E-state index in [1.165, 1.54) is 12.1 Å². The number of esters is 1. The lowest BCUT2D eigenvalue weighted by Crippen LogP contribution is -2.29. The predicted molar refractivity (Wildman–Crippen MR) is 123 cm³/mol. The maximum atomic E-state index is 13.2. The second-order valence-electron chi connectivity index (χ2n) is 7.25. The zero-order valence-corrected chi connectivity index (χ0v) is 18.2. The molecule has 1 aliphatic heterocycles. The Morgan fingerprint density at radius 2 is 2.00 bits per heavy atom. The van der Waals surface area contributed by atoms with Crippen LogP contribution in [0.25, 0.3) is 5.57 Å². The molecule has 0 amide bonds. The topological polar surface area (TPSA) is 94.4 Å². The fraction of sp³-hybridized carbons (Fsp3) is 0.200. The standard InChI is InChI=1S/C25H25N3O4/c1-4-5-6-9-15-32-25(29)23-18(3)27-17(2)22(21-13-7-8-14-26-21)24(23)19-11-10-12-20(16-19)28(30)31/h4-14,16,24,27H,15H2,1-3H3/b5-4+,9-6+. The summed E-state index contributed by atoms with van der Waals surface area (Å²) in [6, 6.07) is 11.9. The summed E-state index contributed by atoms with van der Waals surface area (Å²) in [7, 11) is 0. The summed E-state index contributed by atoms with van der Waals surface area (Å²) in [6.07, 6.45) is 8.94. The van der Waals surface area contributed by atoms with Gasteiger partial charge in [0.25, 0.3) is 5.69 Å². The average Bonchev–Trinajstić information content (AvgIpc) is 2.79. The molecule has 0 spiro atoms. The molecule has 7 nitrogen and oxygen atoms in total. The van der Waals surface area contributed by atoms with Crippen LogP contribution < -0.4 is 5.32 Å². The molecule has 1 N–H and O–H groups in total. The molecule has 164 valence electrons. The molecule has 0 aliphatic carbocycles. The first-order valence-corrected chi connectivity index (χ1v) is 10.2. The van der Waals surface area contributed by atoms with Crippen molar-refractivity contribution in [1.29, 1.82) is 0 Å². The first-order valence-electron chi connectivity index (χ1n) is 10.2. The van der Waals surface area contributed by atoms with E-state index in [0.717, 1.165) is 11.3 Å². The van der Waals surface area contributed by atoms with E-state index in [0.29, 0.717) is 22.5 Å². The number of pyridine rings is 1. The van der Waals surface area contributed by atoms with Crippen molar-refractivity contribution in [2.75, 3.05) is 6.61 Å². The lowest BCUT2D eigenvalue weighted by atomic mass is 9.79. The van der Waals surface area contributed by atoms with Crippen LogP contribution in [-0.2, 0) is 9.53 Å². The number of nitrogens with zero attached hydrogens (tertiary/aromatic N) is 2. The fourth-order valence-electron chi connectivity index (χ4n) is 3.72. The number of benzene rings is 1. The minimum Gasteiger partial charge on any atom is -0.458 e. The molecule has 7 heteroatoms. The fourth-order valence-corrected chi connectivity index (χ4v) is 3.72. The zero-order valence-electron chi connectivity index (χ0n) is 18.2. The summed E-state index contributed by atoms with van der Waals surface area (Å²) in [5.74, 6) is -1.06. The average molecular weight is 431 g/mol. The van der Waals surface area contributed by atoms with Gasteiger partial charge in [0, 0.05) is 41.2 Å². The highest BCUT2D eigenvalue weighted by molar-refractivity contribution is 5.97. The van der Waals surface area contributed by atoms with Crippen LogP contribution in [-0.4, -0.2) is 22.5 Å². The predicted octanol–water partition coefficient (Wildman–Crippen LogP) is 5.06. The number of nitrogens with one attached hydrogen (secondary N) is 1. The van der Waals surface area contributed by atoms with Crippen LogP contribution in [0.2, 0.25) is 0 Å². The Morgan fingerprint density at radius 1 is 1.19 bits per heavy atom. The summed E-state index contributed by atoms with van der Waals surface area (Å²) >= 11 is 0. The van der Waals surface area contributed by atoms with Crippen molar-refractivity contribution in [1.82, 2.24) is 10.3 Å². The monoisotopic (exact) mass is 431 g/mol. The van der Waals surface area contributed by atoms with Crippen molar-refractivity contribution < 1.29 is 14.5 Å². The molecule has 0 bridgehead atoms. The van der Waals surface area contributed by atoms with E-state index in [-0.39, 0.29) is 12.3 Å². The Morgan fingerprint density at radius 3 is 2.69 bits per heavy atom. The Bertz CT molecular complexity index is 1130. The smallest absolute Gasteiger partial charge is 0.337 e. The van der Waals surface area contributed by atoms with Gasteiger partial charge in [0.05, 0.1) is 16.2 Å². The van der Waals surface area contributed by atoms with Crippen LogP contribution in [0, 0.1) is 10.1 Å². The third-order valence-electron chi connectivity index (χ3n) is 5.09. The quantitative estimate of drug-likeness (QED) is 0.285. The molecule has 1 atom stereocenters. The summed E-state index contributed by atoms with van der Waals surface area (Å²) in [4.78, 5) is 28.6. The van der Waals surface area contributed by atoms with Crippen molar-refractivity contribution in [3.8, 4) is 0 Å². The van der Waals surface area contributed by atoms with E-state index in [4.69, 9.17) is 4.74 Å². The summed E-state index contributed by atoms with van der Waals surface area (Å²) in [6.45, 7) is 5.72. The van der Waals surface area contributed by atoms with Gasteiger partial charge in [0.1, 0.15) is 6.61 Å². The molecule has 2 heterocycles. The second-order valence-corrected chi connectivity index (χ2v) is 7.25. The summed E-state index contributed by atoms with van der Waals surface area (Å²) in [5, 5.41) is 14.7. The number of carbonyl (C=O) groups is 1. The number of allylic oxidation sites excluding steroid dienone is 6.